The van der Waals surface area contributed by atoms with Crippen molar-refractivity contribution in [3.8, 4) is 11.5 Å². The maximum atomic E-state index is 13.5. The number of amides is 1. The number of ketones is 1. The van der Waals surface area contributed by atoms with Crippen molar-refractivity contribution in [3.63, 3.8) is 0 Å². The summed E-state index contributed by atoms with van der Waals surface area (Å²) in [6, 6.07) is 18.5. The van der Waals surface area contributed by atoms with Gasteiger partial charge in [0.25, 0.3) is 5.91 Å². The number of rotatable bonds is 7. The van der Waals surface area contributed by atoms with E-state index < -0.39 is 29.5 Å². The summed E-state index contributed by atoms with van der Waals surface area (Å²) >= 11 is 2.16. The molecule has 8 nitrogen and oxygen atoms in total. The zero-order valence-electron chi connectivity index (χ0n) is 19.7. The summed E-state index contributed by atoms with van der Waals surface area (Å²) in [5, 5.41) is 12.9. The highest BCUT2D eigenvalue weighted by Crippen LogP contribution is 2.44. The highest BCUT2D eigenvalue weighted by molar-refractivity contribution is 7.17. The first kappa shape index (κ1) is 24.4. The number of thiazole rings is 1. The van der Waals surface area contributed by atoms with Crippen LogP contribution >= 0.6 is 22.7 Å². The normalized spacial score (nSPS) is 15.2. The van der Waals surface area contributed by atoms with Gasteiger partial charge in [0.05, 0.1) is 29.3 Å². The van der Waals surface area contributed by atoms with E-state index in [9.17, 15) is 19.5 Å². The summed E-state index contributed by atoms with van der Waals surface area (Å²) in [4.78, 5) is 45.4. The molecule has 0 saturated heterocycles. The summed E-state index contributed by atoms with van der Waals surface area (Å²) in [6.07, 6.45) is 0. The summed E-state index contributed by atoms with van der Waals surface area (Å²) < 4.78 is 10.8. The fraction of sp³-hybridized carbons (Fsp3) is 0.111. The molecule has 37 heavy (non-hydrogen) atoms. The standard InChI is InChI=1S/C27H20N2O6S2/c1-15-24(26(33)34-2)37-27(28-15)29-21(20(23(31)25(29)32)22(30)19-12-7-13-36-19)16-8-6-11-18(14-16)35-17-9-4-3-5-10-17/h3-14,21,31H,1-2H3. The van der Waals surface area contributed by atoms with E-state index >= 15 is 0 Å². The Bertz CT molecular complexity index is 1530. The van der Waals surface area contributed by atoms with Gasteiger partial charge in [-0.2, -0.15) is 0 Å². The van der Waals surface area contributed by atoms with Crippen LogP contribution in [0.5, 0.6) is 11.5 Å². The second-order valence-corrected chi connectivity index (χ2v) is 9.96. The number of Topliss-reactive ketones (excluding diaryl/α,β-unsaturated/α-hetero) is 1. The Morgan fingerprint density at radius 3 is 2.49 bits per heavy atom. The van der Waals surface area contributed by atoms with E-state index in [2.05, 4.69) is 4.98 Å². The van der Waals surface area contributed by atoms with Crippen molar-refractivity contribution in [1.29, 1.82) is 0 Å². The zero-order chi connectivity index (χ0) is 26.1. The number of methoxy groups -OCH3 is 1. The topological polar surface area (TPSA) is 106 Å². The number of aliphatic hydroxyl groups is 1. The van der Waals surface area contributed by atoms with E-state index in [1.54, 1.807) is 48.7 Å². The molecule has 5 rings (SSSR count). The molecule has 0 fully saturated rings. The lowest BCUT2D eigenvalue weighted by Gasteiger charge is -2.24. The van der Waals surface area contributed by atoms with E-state index in [0.29, 0.717) is 27.6 Å². The molecule has 3 heterocycles. The van der Waals surface area contributed by atoms with Gasteiger partial charge in [-0.3, -0.25) is 14.5 Å². The van der Waals surface area contributed by atoms with Crippen LogP contribution < -0.4 is 9.64 Å². The van der Waals surface area contributed by atoms with Gasteiger partial charge in [-0.25, -0.2) is 9.78 Å². The average Bonchev–Trinajstić information content (AvgIpc) is 3.63. The van der Waals surface area contributed by atoms with E-state index in [-0.39, 0.29) is 15.6 Å². The van der Waals surface area contributed by atoms with Gasteiger partial charge in [0.1, 0.15) is 16.4 Å². The molecule has 1 unspecified atom stereocenters. The lowest BCUT2D eigenvalue weighted by atomic mass is 9.95. The van der Waals surface area contributed by atoms with E-state index in [1.165, 1.54) is 23.3 Å². The van der Waals surface area contributed by atoms with Crippen molar-refractivity contribution in [2.45, 2.75) is 13.0 Å². The van der Waals surface area contributed by atoms with Crippen LogP contribution in [-0.2, 0) is 9.53 Å². The minimum absolute atomic E-state index is 0.0724. The molecule has 1 amide bonds. The van der Waals surface area contributed by atoms with Crippen LogP contribution in [0, 0.1) is 6.92 Å². The summed E-state index contributed by atoms with van der Waals surface area (Å²) in [7, 11) is 1.26. The SMILES string of the molecule is COC(=O)c1sc(N2C(=O)C(O)=C(C(=O)c3cccs3)C2c2cccc(Oc3ccccc3)c2)nc1C. The monoisotopic (exact) mass is 532 g/mol. The highest BCUT2D eigenvalue weighted by atomic mass is 32.1. The van der Waals surface area contributed by atoms with Crippen molar-refractivity contribution >= 4 is 45.5 Å². The number of aromatic nitrogens is 1. The van der Waals surface area contributed by atoms with Crippen molar-refractivity contribution in [2.75, 3.05) is 12.0 Å². The van der Waals surface area contributed by atoms with Crippen LogP contribution in [0.4, 0.5) is 5.13 Å². The number of aliphatic hydroxyl groups excluding tert-OH is 1. The Labute approximate surface area is 220 Å². The Morgan fingerprint density at radius 2 is 1.78 bits per heavy atom. The second-order valence-electron chi connectivity index (χ2n) is 8.04. The molecule has 2 aromatic carbocycles. The molecule has 4 aromatic rings. The van der Waals surface area contributed by atoms with Crippen molar-refractivity contribution < 1.29 is 29.0 Å². The lowest BCUT2D eigenvalue weighted by Crippen LogP contribution is -2.31. The first-order valence-electron chi connectivity index (χ1n) is 11.1. The van der Waals surface area contributed by atoms with Gasteiger partial charge in [-0.05, 0) is 48.2 Å². The van der Waals surface area contributed by atoms with Crippen LogP contribution in [0.15, 0.2) is 83.4 Å². The molecule has 0 radical (unpaired) electrons. The van der Waals surface area contributed by atoms with Gasteiger partial charge >= 0.3 is 5.97 Å². The molecule has 1 atom stereocenters. The number of para-hydroxylation sites is 1. The van der Waals surface area contributed by atoms with Crippen LogP contribution in [0.1, 0.15) is 36.6 Å². The Morgan fingerprint density at radius 1 is 1.03 bits per heavy atom. The van der Waals surface area contributed by atoms with Gasteiger partial charge in [-0.1, -0.05) is 47.7 Å². The van der Waals surface area contributed by atoms with Gasteiger partial charge in [-0.15, -0.1) is 11.3 Å². The molecule has 0 bridgehead atoms. The van der Waals surface area contributed by atoms with Gasteiger partial charge in [0, 0.05) is 0 Å². The van der Waals surface area contributed by atoms with Gasteiger partial charge in [0.2, 0.25) is 5.78 Å². The number of anilines is 1. The number of aryl methyl sites for hydroxylation is 1. The second kappa shape index (κ2) is 10.00. The maximum Gasteiger partial charge on any atom is 0.350 e. The molecule has 0 spiro atoms. The number of hydrogen-bond donors (Lipinski definition) is 1. The fourth-order valence-corrected chi connectivity index (χ4v) is 5.72. The minimum atomic E-state index is -1.00. The molecular formula is C27H20N2O6S2. The number of esters is 1. The number of ether oxygens (including phenoxy) is 2. The Kier molecular flexibility index (Phi) is 6.60. The Hall–Kier alpha value is -4.28. The van der Waals surface area contributed by atoms with Crippen LogP contribution in [0.3, 0.4) is 0 Å². The number of benzene rings is 2. The van der Waals surface area contributed by atoms with E-state index in [1.807, 2.05) is 30.3 Å². The summed E-state index contributed by atoms with van der Waals surface area (Å²) in [6.45, 7) is 1.63. The number of carbonyl (C=O) groups excluding carboxylic acids is 3. The highest BCUT2D eigenvalue weighted by Gasteiger charge is 2.46. The van der Waals surface area contributed by atoms with Crippen LogP contribution in [-0.4, -0.2) is 34.9 Å². The number of carbonyl (C=O) groups is 3. The predicted molar refractivity (Wildman–Crippen MR) is 140 cm³/mol. The summed E-state index contributed by atoms with van der Waals surface area (Å²) in [5.41, 5.74) is 0.826. The molecule has 1 aliphatic rings. The average molecular weight is 533 g/mol. The molecule has 1 aliphatic heterocycles. The van der Waals surface area contributed by atoms with Crippen molar-refractivity contribution in [2.24, 2.45) is 0 Å². The number of hydrogen-bond acceptors (Lipinski definition) is 9. The van der Waals surface area contributed by atoms with E-state index in [0.717, 1.165) is 11.3 Å². The minimum Gasteiger partial charge on any atom is -0.503 e. The number of thiophene rings is 1. The lowest BCUT2D eigenvalue weighted by molar-refractivity contribution is -0.117. The molecule has 0 aliphatic carbocycles. The van der Waals surface area contributed by atoms with Crippen molar-refractivity contribution in [3.05, 3.63) is 104 Å². The van der Waals surface area contributed by atoms with Crippen molar-refractivity contribution in [1.82, 2.24) is 4.98 Å². The number of nitrogens with zero attached hydrogens (tertiary/aromatic N) is 2. The predicted octanol–water partition coefficient (Wildman–Crippen LogP) is 5.87. The molecule has 1 N–H and O–H groups in total. The smallest absolute Gasteiger partial charge is 0.350 e. The molecule has 10 heteroatoms. The maximum absolute atomic E-state index is 13.5. The van der Waals surface area contributed by atoms with Gasteiger partial charge in [0.15, 0.2) is 10.9 Å². The third kappa shape index (κ3) is 4.52. The Balaban J connectivity index is 1.62. The largest absolute Gasteiger partial charge is 0.503 e. The first-order chi connectivity index (χ1) is 17.9. The third-order valence-corrected chi connectivity index (χ3v) is 7.72. The zero-order valence-corrected chi connectivity index (χ0v) is 21.3. The molecule has 2 aromatic heterocycles. The van der Waals surface area contributed by atoms with Gasteiger partial charge < -0.3 is 14.6 Å². The van der Waals surface area contributed by atoms with Crippen LogP contribution in [0.25, 0.3) is 0 Å². The van der Waals surface area contributed by atoms with Crippen LogP contribution in [0.2, 0.25) is 0 Å². The molecule has 186 valence electrons. The molecular weight excluding hydrogens is 512 g/mol. The molecule has 0 saturated carbocycles. The fourth-order valence-electron chi connectivity index (χ4n) is 4.03. The van der Waals surface area contributed by atoms with E-state index in [4.69, 9.17) is 9.47 Å². The first-order valence-corrected chi connectivity index (χ1v) is 12.8. The quantitative estimate of drug-likeness (QED) is 0.234. The summed E-state index contributed by atoms with van der Waals surface area (Å²) in [5.74, 6) is -1.41. The third-order valence-electron chi connectivity index (χ3n) is 5.71.